The molecule has 118 valence electrons. The first-order valence-corrected chi connectivity index (χ1v) is 9.25. The fraction of sp³-hybridized carbons (Fsp3) is 0.167. The molecule has 0 fully saturated rings. The zero-order valence-electron chi connectivity index (χ0n) is 10.9. The quantitative estimate of drug-likeness (QED) is 0.798. The van der Waals surface area contributed by atoms with Crippen molar-refractivity contribution < 1.29 is 22.0 Å². The summed E-state index contributed by atoms with van der Waals surface area (Å²) in [5, 5.41) is 4.09. The van der Waals surface area contributed by atoms with Crippen molar-refractivity contribution in [1.29, 1.82) is 0 Å². The molecule has 0 aliphatic heterocycles. The van der Waals surface area contributed by atoms with E-state index in [1.54, 1.807) is 11.6 Å². The van der Waals surface area contributed by atoms with Gasteiger partial charge in [-0.2, -0.15) is 8.78 Å². The maximum Gasteiger partial charge on any atom is 0.341 e. The molecule has 2 aromatic rings. The number of halogens is 2. The van der Waals surface area contributed by atoms with Gasteiger partial charge in [-0.1, -0.05) is 23.9 Å². The van der Waals surface area contributed by atoms with Crippen molar-refractivity contribution in [3.05, 3.63) is 35.8 Å². The summed E-state index contributed by atoms with van der Waals surface area (Å²) in [6, 6.07) is 5.07. The van der Waals surface area contributed by atoms with Crippen molar-refractivity contribution >= 4 is 44.5 Å². The van der Waals surface area contributed by atoms with Crippen LogP contribution in [0, 0.1) is 0 Å². The molecule has 0 bridgehead atoms. The molecular weight excluding hydrogens is 354 g/mol. The van der Waals surface area contributed by atoms with Crippen molar-refractivity contribution in [2.45, 2.75) is 15.0 Å². The zero-order chi connectivity index (χ0) is 16.2. The monoisotopic (exact) mass is 364 g/mol. The number of nitrogens with one attached hydrogen (secondary N) is 1. The zero-order valence-corrected chi connectivity index (χ0v) is 13.4. The maximum atomic E-state index is 12.6. The SMILES string of the molecule is O=C(CSc1nccs1)Nc1ccccc1S(=O)(=O)C(F)F. The van der Waals surface area contributed by atoms with Crippen LogP contribution in [0.25, 0.3) is 0 Å². The molecule has 2 rings (SSSR count). The van der Waals surface area contributed by atoms with Crippen LogP contribution >= 0.6 is 23.1 Å². The van der Waals surface area contributed by atoms with Gasteiger partial charge in [-0.3, -0.25) is 4.79 Å². The number of amides is 1. The van der Waals surface area contributed by atoms with Crippen molar-refractivity contribution in [3.63, 3.8) is 0 Å². The van der Waals surface area contributed by atoms with E-state index >= 15 is 0 Å². The van der Waals surface area contributed by atoms with Gasteiger partial charge in [0.2, 0.25) is 15.7 Å². The first-order valence-electron chi connectivity index (χ1n) is 5.84. The van der Waals surface area contributed by atoms with Crippen LogP contribution in [0.4, 0.5) is 14.5 Å². The van der Waals surface area contributed by atoms with Crippen LogP contribution in [0.1, 0.15) is 0 Å². The second-order valence-corrected chi connectivity index (χ2v) is 7.94. The third-order valence-corrected chi connectivity index (χ3v) is 5.84. The average molecular weight is 364 g/mol. The number of alkyl halides is 2. The van der Waals surface area contributed by atoms with Crippen molar-refractivity contribution in [2.75, 3.05) is 11.1 Å². The Morgan fingerprint density at radius 2 is 2.09 bits per heavy atom. The molecule has 1 N–H and O–H groups in total. The number of hydrogen-bond acceptors (Lipinski definition) is 6. The molecule has 1 amide bonds. The Morgan fingerprint density at radius 1 is 1.36 bits per heavy atom. The molecule has 0 spiro atoms. The predicted octanol–water partition coefficient (Wildman–Crippen LogP) is 2.87. The summed E-state index contributed by atoms with van der Waals surface area (Å²) in [6.45, 7) is 0. The molecule has 0 radical (unpaired) electrons. The number of benzene rings is 1. The summed E-state index contributed by atoms with van der Waals surface area (Å²) in [7, 11) is -4.78. The van der Waals surface area contributed by atoms with Crippen molar-refractivity contribution in [2.24, 2.45) is 0 Å². The summed E-state index contributed by atoms with van der Waals surface area (Å²) in [4.78, 5) is 15.2. The number of rotatable bonds is 6. The van der Waals surface area contributed by atoms with Crippen LogP contribution < -0.4 is 5.32 Å². The maximum absolute atomic E-state index is 12.6. The van der Waals surface area contributed by atoms with Gasteiger partial charge < -0.3 is 5.32 Å². The van der Waals surface area contributed by atoms with Gasteiger partial charge in [0.25, 0.3) is 0 Å². The fourth-order valence-electron chi connectivity index (χ4n) is 1.51. The summed E-state index contributed by atoms with van der Waals surface area (Å²) >= 11 is 2.53. The molecule has 5 nitrogen and oxygen atoms in total. The number of para-hydroxylation sites is 1. The third-order valence-electron chi connectivity index (χ3n) is 2.44. The Labute approximate surface area is 133 Å². The van der Waals surface area contributed by atoms with E-state index in [2.05, 4.69) is 10.3 Å². The van der Waals surface area contributed by atoms with Crippen LogP contribution in [0.3, 0.4) is 0 Å². The van der Waals surface area contributed by atoms with Gasteiger partial charge in [-0.15, -0.1) is 11.3 Å². The Kier molecular flexibility index (Phi) is 5.48. The highest BCUT2D eigenvalue weighted by Crippen LogP contribution is 2.26. The van der Waals surface area contributed by atoms with Gasteiger partial charge in [0.05, 0.1) is 16.3 Å². The smallest absolute Gasteiger partial charge is 0.324 e. The van der Waals surface area contributed by atoms with E-state index in [9.17, 15) is 22.0 Å². The molecule has 10 heteroatoms. The van der Waals surface area contributed by atoms with Crippen molar-refractivity contribution in [1.82, 2.24) is 4.98 Å². The average Bonchev–Trinajstić information content (AvgIpc) is 2.98. The Bertz CT molecular complexity index is 749. The standard InChI is InChI=1S/C12H10F2N2O3S3/c13-11(14)22(18,19)9-4-2-1-3-8(9)16-10(17)7-21-12-15-5-6-20-12/h1-6,11H,7H2,(H,16,17). The van der Waals surface area contributed by atoms with Crippen molar-refractivity contribution in [3.8, 4) is 0 Å². The molecule has 0 atom stereocenters. The molecule has 0 aliphatic rings. The van der Waals surface area contributed by atoms with Gasteiger partial charge in [0.1, 0.15) is 4.34 Å². The lowest BCUT2D eigenvalue weighted by atomic mass is 10.3. The number of thioether (sulfide) groups is 1. The van der Waals surface area contributed by atoms with Crippen LogP contribution in [0.15, 0.2) is 45.1 Å². The Balaban J connectivity index is 2.11. The molecule has 1 heterocycles. The lowest BCUT2D eigenvalue weighted by Crippen LogP contribution is -2.18. The molecule has 1 aromatic heterocycles. The highest BCUT2D eigenvalue weighted by Gasteiger charge is 2.29. The van der Waals surface area contributed by atoms with E-state index in [1.807, 2.05) is 0 Å². The second kappa shape index (κ2) is 7.16. The van der Waals surface area contributed by atoms with E-state index in [1.165, 1.54) is 41.3 Å². The fourth-order valence-corrected chi connectivity index (χ4v) is 3.83. The topological polar surface area (TPSA) is 76.1 Å². The minimum absolute atomic E-state index is 0.00340. The van der Waals surface area contributed by atoms with Crippen LogP contribution in [-0.2, 0) is 14.6 Å². The van der Waals surface area contributed by atoms with E-state index in [4.69, 9.17) is 0 Å². The summed E-state index contributed by atoms with van der Waals surface area (Å²) in [5.41, 5.74) is -0.160. The number of aromatic nitrogens is 1. The molecular formula is C12H10F2N2O3S3. The van der Waals surface area contributed by atoms with Crippen LogP contribution in [0.2, 0.25) is 0 Å². The Morgan fingerprint density at radius 3 is 2.73 bits per heavy atom. The molecule has 0 saturated carbocycles. The first-order chi connectivity index (χ1) is 10.4. The number of sulfone groups is 1. The molecule has 0 saturated heterocycles. The normalized spacial score (nSPS) is 11.6. The number of hydrogen-bond donors (Lipinski definition) is 1. The number of carbonyl (C=O) groups excluding carboxylic acids is 1. The molecule has 0 unspecified atom stereocenters. The predicted molar refractivity (Wildman–Crippen MR) is 81.1 cm³/mol. The van der Waals surface area contributed by atoms with Gasteiger partial charge in [0.15, 0.2) is 0 Å². The van der Waals surface area contributed by atoms with Crippen LogP contribution in [-0.4, -0.2) is 30.8 Å². The summed E-state index contributed by atoms with van der Waals surface area (Å²) < 4.78 is 49.1. The minimum Gasteiger partial charge on any atom is -0.324 e. The summed E-state index contributed by atoms with van der Waals surface area (Å²) in [5.74, 6) is -4.05. The third kappa shape index (κ3) is 4.02. The van der Waals surface area contributed by atoms with E-state index in [0.717, 1.165) is 6.07 Å². The largest absolute Gasteiger partial charge is 0.341 e. The molecule has 22 heavy (non-hydrogen) atoms. The van der Waals surface area contributed by atoms with Gasteiger partial charge in [0, 0.05) is 11.6 Å². The van der Waals surface area contributed by atoms with Crippen LogP contribution in [0.5, 0.6) is 0 Å². The number of anilines is 1. The second-order valence-electron chi connectivity index (χ2n) is 3.94. The first kappa shape index (κ1) is 16.8. The summed E-state index contributed by atoms with van der Waals surface area (Å²) in [6.07, 6.45) is 1.59. The molecule has 0 aliphatic carbocycles. The highest BCUT2D eigenvalue weighted by molar-refractivity contribution is 8.01. The number of nitrogens with zero attached hydrogens (tertiary/aromatic N) is 1. The number of carbonyl (C=O) groups is 1. The minimum atomic E-state index is -4.78. The van der Waals surface area contributed by atoms with E-state index in [-0.39, 0.29) is 11.4 Å². The molecule has 1 aromatic carbocycles. The van der Waals surface area contributed by atoms with Gasteiger partial charge >= 0.3 is 5.76 Å². The van der Waals surface area contributed by atoms with E-state index < -0.39 is 26.4 Å². The Hall–Kier alpha value is -1.52. The lowest BCUT2D eigenvalue weighted by Gasteiger charge is -2.10. The highest BCUT2D eigenvalue weighted by atomic mass is 32.2. The van der Waals surface area contributed by atoms with E-state index in [0.29, 0.717) is 4.34 Å². The number of thiazole rings is 1. The van der Waals surface area contributed by atoms with Gasteiger partial charge in [-0.05, 0) is 12.1 Å². The van der Waals surface area contributed by atoms with Gasteiger partial charge in [-0.25, -0.2) is 13.4 Å². The lowest BCUT2D eigenvalue weighted by molar-refractivity contribution is -0.113.